The summed E-state index contributed by atoms with van der Waals surface area (Å²) in [6.07, 6.45) is 3.63. The van der Waals surface area contributed by atoms with Crippen LogP contribution in [0, 0.1) is 0 Å². The fraction of sp³-hybridized carbons (Fsp3) is 0.909. The van der Waals surface area contributed by atoms with Crippen LogP contribution in [-0.4, -0.2) is 30.7 Å². The molecule has 1 aliphatic carbocycles. The summed E-state index contributed by atoms with van der Waals surface area (Å²) in [6.45, 7) is 4.55. The van der Waals surface area contributed by atoms with Crippen molar-refractivity contribution in [2.45, 2.75) is 57.8 Å². The summed E-state index contributed by atoms with van der Waals surface area (Å²) in [5.74, 6) is -0.0164. The van der Waals surface area contributed by atoms with Gasteiger partial charge in [0.2, 0.25) is 5.91 Å². The molecule has 1 saturated carbocycles. The number of carbonyl (C=O) groups is 1. The van der Waals surface area contributed by atoms with Gasteiger partial charge in [0, 0.05) is 12.6 Å². The summed E-state index contributed by atoms with van der Waals surface area (Å²) in [7, 11) is 0. The Kier molecular flexibility index (Phi) is 5.05. The minimum Gasteiger partial charge on any atom is -0.365 e. The minimum absolute atomic E-state index is 0.0164. The second-order valence-electron chi connectivity index (χ2n) is 4.26. The van der Waals surface area contributed by atoms with Gasteiger partial charge in [-0.05, 0) is 32.6 Å². The molecule has 1 amide bonds. The first kappa shape index (κ1) is 12.5. The lowest BCUT2D eigenvalue weighted by molar-refractivity contribution is -0.135. The summed E-state index contributed by atoms with van der Waals surface area (Å²) in [4.78, 5) is 11.5. The van der Waals surface area contributed by atoms with Gasteiger partial charge in [0.15, 0.2) is 0 Å². The molecule has 3 N–H and O–H groups in total. The second kappa shape index (κ2) is 6.08. The zero-order valence-corrected chi connectivity index (χ0v) is 9.66. The lowest BCUT2D eigenvalue weighted by Crippen LogP contribution is -2.37. The van der Waals surface area contributed by atoms with Crippen LogP contribution in [0.2, 0.25) is 0 Å². The van der Waals surface area contributed by atoms with Crippen molar-refractivity contribution >= 4 is 5.91 Å². The highest BCUT2D eigenvalue weighted by Gasteiger charge is 2.25. The summed E-state index contributed by atoms with van der Waals surface area (Å²) >= 11 is 0. The van der Waals surface area contributed by atoms with E-state index < -0.39 is 0 Å². The third-order valence-electron chi connectivity index (χ3n) is 2.74. The van der Waals surface area contributed by atoms with E-state index in [1.807, 2.05) is 6.92 Å². The molecule has 88 valence electrons. The molecule has 1 aliphatic rings. The molecule has 0 aromatic heterocycles. The van der Waals surface area contributed by atoms with Crippen molar-refractivity contribution in [1.29, 1.82) is 0 Å². The third-order valence-corrected chi connectivity index (χ3v) is 2.74. The molecule has 4 heteroatoms. The average Bonchev–Trinajstić information content (AvgIpc) is 2.60. The van der Waals surface area contributed by atoms with Gasteiger partial charge in [0.1, 0.15) is 6.10 Å². The molecular weight excluding hydrogens is 192 g/mol. The first-order valence-electron chi connectivity index (χ1n) is 5.82. The van der Waals surface area contributed by atoms with Gasteiger partial charge in [-0.3, -0.25) is 4.79 Å². The van der Waals surface area contributed by atoms with Gasteiger partial charge >= 0.3 is 0 Å². The first-order chi connectivity index (χ1) is 7.13. The predicted molar refractivity (Wildman–Crippen MR) is 59.5 cm³/mol. The monoisotopic (exact) mass is 214 g/mol. The Balaban J connectivity index is 2.22. The smallest absolute Gasteiger partial charge is 0.248 e. The maximum Gasteiger partial charge on any atom is 0.248 e. The fourth-order valence-electron chi connectivity index (χ4n) is 1.84. The molecule has 1 fully saturated rings. The van der Waals surface area contributed by atoms with Gasteiger partial charge in [0.25, 0.3) is 0 Å². The maximum atomic E-state index is 11.5. The summed E-state index contributed by atoms with van der Waals surface area (Å²) in [5.41, 5.74) is 5.78. The van der Waals surface area contributed by atoms with Crippen molar-refractivity contribution in [3.05, 3.63) is 0 Å². The number of ether oxygens (including phenoxy) is 1. The SMILES string of the molecule is CCCNC(=O)C(C)OC1CCC(N)C1. The minimum atomic E-state index is -0.355. The number of rotatable bonds is 5. The van der Waals surface area contributed by atoms with E-state index in [2.05, 4.69) is 5.32 Å². The van der Waals surface area contributed by atoms with E-state index in [0.717, 1.165) is 32.2 Å². The van der Waals surface area contributed by atoms with Crippen LogP contribution >= 0.6 is 0 Å². The summed E-state index contributed by atoms with van der Waals surface area (Å²) in [5, 5.41) is 2.82. The molecule has 0 radical (unpaired) electrons. The van der Waals surface area contributed by atoms with Gasteiger partial charge in [-0.25, -0.2) is 0 Å². The Morgan fingerprint density at radius 3 is 2.87 bits per heavy atom. The number of nitrogens with one attached hydrogen (secondary N) is 1. The zero-order chi connectivity index (χ0) is 11.3. The maximum absolute atomic E-state index is 11.5. The highest BCUT2D eigenvalue weighted by Crippen LogP contribution is 2.21. The van der Waals surface area contributed by atoms with E-state index in [-0.39, 0.29) is 24.2 Å². The van der Waals surface area contributed by atoms with Crippen molar-refractivity contribution in [2.75, 3.05) is 6.54 Å². The van der Waals surface area contributed by atoms with E-state index in [0.29, 0.717) is 0 Å². The second-order valence-corrected chi connectivity index (χ2v) is 4.26. The molecule has 0 spiro atoms. The van der Waals surface area contributed by atoms with E-state index in [9.17, 15) is 4.79 Å². The quantitative estimate of drug-likeness (QED) is 0.711. The van der Waals surface area contributed by atoms with Crippen LogP contribution in [0.25, 0.3) is 0 Å². The molecule has 0 bridgehead atoms. The van der Waals surface area contributed by atoms with Crippen LogP contribution in [0.5, 0.6) is 0 Å². The molecule has 4 nitrogen and oxygen atoms in total. The van der Waals surface area contributed by atoms with Crippen LogP contribution in [0.1, 0.15) is 39.5 Å². The average molecular weight is 214 g/mol. The Labute approximate surface area is 91.5 Å². The van der Waals surface area contributed by atoms with Crippen molar-refractivity contribution < 1.29 is 9.53 Å². The van der Waals surface area contributed by atoms with Crippen LogP contribution in [0.15, 0.2) is 0 Å². The van der Waals surface area contributed by atoms with E-state index >= 15 is 0 Å². The molecule has 0 aromatic carbocycles. The van der Waals surface area contributed by atoms with Gasteiger partial charge in [-0.15, -0.1) is 0 Å². The number of hydrogen-bond donors (Lipinski definition) is 2. The number of amides is 1. The summed E-state index contributed by atoms with van der Waals surface area (Å²) < 4.78 is 5.65. The normalized spacial score (nSPS) is 27.7. The van der Waals surface area contributed by atoms with Gasteiger partial charge in [0.05, 0.1) is 6.10 Å². The Morgan fingerprint density at radius 2 is 2.33 bits per heavy atom. The Morgan fingerprint density at radius 1 is 1.60 bits per heavy atom. The van der Waals surface area contributed by atoms with Crippen LogP contribution < -0.4 is 11.1 Å². The highest BCUT2D eigenvalue weighted by molar-refractivity contribution is 5.80. The topological polar surface area (TPSA) is 64.3 Å². The van der Waals surface area contributed by atoms with Gasteiger partial charge < -0.3 is 15.8 Å². The third kappa shape index (κ3) is 4.18. The molecule has 0 aliphatic heterocycles. The van der Waals surface area contributed by atoms with Crippen LogP contribution in [0.3, 0.4) is 0 Å². The summed E-state index contributed by atoms with van der Waals surface area (Å²) in [6, 6.07) is 0.251. The lowest BCUT2D eigenvalue weighted by Gasteiger charge is -2.17. The first-order valence-corrected chi connectivity index (χ1v) is 5.82. The van der Waals surface area contributed by atoms with E-state index in [1.165, 1.54) is 0 Å². The van der Waals surface area contributed by atoms with E-state index in [1.54, 1.807) is 6.92 Å². The molecule has 0 saturated heterocycles. The zero-order valence-electron chi connectivity index (χ0n) is 9.66. The largest absolute Gasteiger partial charge is 0.365 e. The van der Waals surface area contributed by atoms with Crippen molar-refractivity contribution in [3.63, 3.8) is 0 Å². The molecule has 3 unspecified atom stereocenters. The molecule has 3 atom stereocenters. The molecule has 0 heterocycles. The number of nitrogens with two attached hydrogens (primary N) is 1. The Bertz CT molecular complexity index is 209. The van der Waals surface area contributed by atoms with Crippen LogP contribution in [0.4, 0.5) is 0 Å². The lowest BCUT2D eigenvalue weighted by atomic mass is 10.2. The standard InChI is InChI=1S/C11H22N2O2/c1-3-6-13-11(14)8(2)15-10-5-4-9(12)7-10/h8-10H,3-7,12H2,1-2H3,(H,13,14). The molecule has 0 aromatic rings. The predicted octanol–water partition coefficient (Wildman–Crippen LogP) is 0.797. The van der Waals surface area contributed by atoms with Crippen molar-refractivity contribution in [2.24, 2.45) is 5.73 Å². The molecule has 15 heavy (non-hydrogen) atoms. The van der Waals surface area contributed by atoms with E-state index in [4.69, 9.17) is 10.5 Å². The van der Waals surface area contributed by atoms with Gasteiger partial charge in [-0.1, -0.05) is 6.92 Å². The number of hydrogen-bond acceptors (Lipinski definition) is 3. The highest BCUT2D eigenvalue weighted by atomic mass is 16.5. The fourth-order valence-corrected chi connectivity index (χ4v) is 1.84. The molecular formula is C11H22N2O2. The molecule has 1 rings (SSSR count). The van der Waals surface area contributed by atoms with Crippen LogP contribution in [-0.2, 0) is 9.53 Å². The van der Waals surface area contributed by atoms with Crippen molar-refractivity contribution in [1.82, 2.24) is 5.32 Å². The Hall–Kier alpha value is -0.610. The van der Waals surface area contributed by atoms with Crippen molar-refractivity contribution in [3.8, 4) is 0 Å². The van der Waals surface area contributed by atoms with Gasteiger partial charge in [-0.2, -0.15) is 0 Å². The number of carbonyl (C=O) groups excluding carboxylic acids is 1.